The van der Waals surface area contributed by atoms with Crippen molar-refractivity contribution >= 4 is 21.6 Å². The number of pyridine rings is 1. The van der Waals surface area contributed by atoms with Crippen molar-refractivity contribution < 1.29 is 8.42 Å². The Kier molecular flexibility index (Phi) is 3.84. The van der Waals surface area contributed by atoms with Gasteiger partial charge in [0.25, 0.3) is 0 Å². The van der Waals surface area contributed by atoms with Crippen molar-refractivity contribution in [3.8, 4) is 0 Å². The van der Waals surface area contributed by atoms with Gasteiger partial charge >= 0.3 is 0 Å². The van der Waals surface area contributed by atoms with Crippen LogP contribution in [0, 0.1) is 0 Å². The molecule has 1 aromatic heterocycles. The second-order valence-electron chi connectivity index (χ2n) is 3.07. The zero-order valence-corrected chi connectivity index (χ0v) is 9.77. The lowest BCUT2D eigenvalue weighted by atomic mass is 10.4. The lowest BCUT2D eigenvalue weighted by molar-refractivity contribution is 0.584. The van der Waals surface area contributed by atoms with Crippen molar-refractivity contribution in [1.29, 1.82) is 0 Å². The molecule has 0 saturated heterocycles. The molecule has 0 aliphatic heterocycles. The van der Waals surface area contributed by atoms with Crippen LogP contribution in [-0.4, -0.2) is 19.9 Å². The number of nitrogens with one attached hydrogen (secondary N) is 1. The van der Waals surface area contributed by atoms with Crippen LogP contribution in [0.5, 0.6) is 0 Å². The van der Waals surface area contributed by atoms with Gasteiger partial charge in [-0.1, -0.05) is 23.8 Å². The van der Waals surface area contributed by atoms with E-state index >= 15 is 0 Å². The van der Waals surface area contributed by atoms with Gasteiger partial charge in [-0.25, -0.2) is 18.1 Å². The molecule has 0 aliphatic rings. The molecule has 4 nitrogen and oxygen atoms in total. The van der Waals surface area contributed by atoms with E-state index in [-0.39, 0.29) is 16.6 Å². The van der Waals surface area contributed by atoms with Gasteiger partial charge in [0.15, 0.2) is 0 Å². The molecule has 1 heterocycles. The minimum absolute atomic E-state index is 0.0204. The monoisotopic (exact) mass is 246 g/mol. The lowest BCUT2D eigenvalue weighted by Gasteiger charge is -2.06. The van der Waals surface area contributed by atoms with Crippen LogP contribution in [0.3, 0.4) is 0 Å². The number of hydrogen-bond acceptors (Lipinski definition) is 3. The second kappa shape index (κ2) is 4.74. The Morgan fingerprint density at radius 1 is 1.67 bits per heavy atom. The molecular weight excluding hydrogens is 236 g/mol. The topological polar surface area (TPSA) is 59.1 Å². The van der Waals surface area contributed by atoms with Crippen LogP contribution in [0.25, 0.3) is 0 Å². The third-order valence-electron chi connectivity index (χ3n) is 1.58. The Balaban J connectivity index is 2.97. The highest BCUT2D eigenvalue weighted by Gasteiger charge is 2.17. The summed E-state index contributed by atoms with van der Waals surface area (Å²) in [6.07, 6.45) is 1.43. The minimum Gasteiger partial charge on any atom is -0.243 e. The van der Waals surface area contributed by atoms with Crippen molar-refractivity contribution in [2.45, 2.75) is 11.8 Å². The summed E-state index contributed by atoms with van der Waals surface area (Å²) in [7, 11) is -3.59. The Labute approximate surface area is 94.0 Å². The SMILES string of the molecule is C=C(C)CNS(=O)(=O)c1cccnc1Cl. The minimum atomic E-state index is -3.59. The molecule has 15 heavy (non-hydrogen) atoms. The van der Waals surface area contributed by atoms with Gasteiger partial charge in [-0.3, -0.25) is 0 Å². The second-order valence-corrected chi connectivity index (χ2v) is 5.17. The quantitative estimate of drug-likeness (QED) is 0.648. The van der Waals surface area contributed by atoms with E-state index in [4.69, 9.17) is 11.6 Å². The molecule has 0 fully saturated rings. The molecule has 0 saturated carbocycles. The molecule has 6 heteroatoms. The normalized spacial score (nSPS) is 11.3. The van der Waals surface area contributed by atoms with Crippen LogP contribution < -0.4 is 4.72 Å². The van der Waals surface area contributed by atoms with Crippen LogP contribution in [0.4, 0.5) is 0 Å². The molecule has 82 valence electrons. The molecule has 1 N–H and O–H groups in total. The average molecular weight is 247 g/mol. The van der Waals surface area contributed by atoms with Crippen LogP contribution in [0.15, 0.2) is 35.4 Å². The van der Waals surface area contributed by atoms with Gasteiger partial charge in [-0.15, -0.1) is 0 Å². The predicted molar refractivity (Wildman–Crippen MR) is 59.2 cm³/mol. The maximum atomic E-state index is 11.7. The number of aromatic nitrogens is 1. The van der Waals surface area contributed by atoms with Crippen LogP contribution in [0.2, 0.25) is 5.15 Å². The molecule has 0 bridgehead atoms. The van der Waals surface area contributed by atoms with Gasteiger partial charge in [-0.2, -0.15) is 0 Å². The van der Waals surface area contributed by atoms with E-state index in [1.807, 2.05) is 0 Å². The number of nitrogens with zero attached hydrogens (tertiary/aromatic N) is 1. The lowest BCUT2D eigenvalue weighted by Crippen LogP contribution is -2.25. The number of sulfonamides is 1. The van der Waals surface area contributed by atoms with Gasteiger partial charge in [0, 0.05) is 12.7 Å². The zero-order chi connectivity index (χ0) is 11.5. The van der Waals surface area contributed by atoms with E-state index in [0.717, 1.165) is 5.57 Å². The molecular formula is C9H11ClN2O2S. The number of rotatable bonds is 4. The summed E-state index contributed by atoms with van der Waals surface area (Å²) in [5.41, 5.74) is 0.721. The zero-order valence-electron chi connectivity index (χ0n) is 8.20. The summed E-state index contributed by atoms with van der Waals surface area (Å²) >= 11 is 5.67. The first-order valence-corrected chi connectivity index (χ1v) is 6.04. The highest BCUT2D eigenvalue weighted by Crippen LogP contribution is 2.17. The maximum absolute atomic E-state index is 11.7. The number of halogens is 1. The van der Waals surface area contributed by atoms with E-state index in [0.29, 0.717) is 0 Å². The van der Waals surface area contributed by atoms with Crippen molar-refractivity contribution in [2.24, 2.45) is 0 Å². The summed E-state index contributed by atoms with van der Waals surface area (Å²) in [4.78, 5) is 3.68. The molecule has 0 radical (unpaired) electrons. The molecule has 0 aromatic carbocycles. The first-order valence-electron chi connectivity index (χ1n) is 4.18. The fourth-order valence-electron chi connectivity index (χ4n) is 0.868. The van der Waals surface area contributed by atoms with E-state index in [2.05, 4.69) is 16.3 Å². The van der Waals surface area contributed by atoms with Gasteiger partial charge in [0.1, 0.15) is 10.0 Å². The summed E-state index contributed by atoms with van der Waals surface area (Å²) in [6, 6.07) is 2.91. The average Bonchev–Trinajstić information content (AvgIpc) is 2.15. The number of hydrogen-bond donors (Lipinski definition) is 1. The van der Waals surface area contributed by atoms with E-state index in [9.17, 15) is 8.42 Å². The molecule has 1 aromatic rings. The Hall–Kier alpha value is -0.910. The van der Waals surface area contributed by atoms with Crippen molar-refractivity contribution in [3.05, 3.63) is 35.6 Å². The largest absolute Gasteiger partial charge is 0.243 e. The molecule has 0 aliphatic carbocycles. The van der Waals surface area contributed by atoms with E-state index in [1.165, 1.54) is 18.3 Å². The molecule has 1 rings (SSSR count). The summed E-state index contributed by atoms with van der Waals surface area (Å²) in [5.74, 6) is 0. The van der Waals surface area contributed by atoms with Crippen molar-refractivity contribution in [3.63, 3.8) is 0 Å². The highest BCUT2D eigenvalue weighted by atomic mass is 35.5. The fraction of sp³-hybridized carbons (Fsp3) is 0.222. The predicted octanol–water partition coefficient (Wildman–Crippen LogP) is 1.59. The summed E-state index contributed by atoms with van der Waals surface area (Å²) in [5, 5.41) is -0.0354. The molecule has 0 atom stereocenters. The molecule has 0 spiro atoms. The van der Waals surface area contributed by atoms with Crippen LogP contribution in [-0.2, 0) is 10.0 Å². The van der Waals surface area contributed by atoms with Crippen LogP contribution >= 0.6 is 11.6 Å². The Morgan fingerprint density at radius 3 is 2.87 bits per heavy atom. The first kappa shape index (κ1) is 12.2. The first-order chi connectivity index (χ1) is 6.93. The van der Waals surface area contributed by atoms with Gasteiger partial charge in [-0.05, 0) is 19.1 Å². The Bertz CT molecular complexity index is 471. The van der Waals surface area contributed by atoms with E-state index in [1.54, 1.807) is 6.92 Å². The third-order valence-corrected chi connectivity index (χ3v) is 3.42. The standard InChI is InChI=1S/C9H11ClN2O2S/c1-7(2)6-12-15(13,14)8-4-3-5-11-9(8)10/h3-5,12H,1,6H2,2H3. The van der Waals surface area contributed by atoms with E-state index < -0.39 is 10.0 Å². The summed E-state index contributed by atoms with van der Waals surface area (Å²) in [6.45, 7) is 5.52. The molecule has 0 amide bonds. The summed E-state index contributed by atoms with van der Waals surface area (Å²) < 4.78 is 25.7. The molecule has 0 unspecified atom stereocenters. The van der Waals surface area contributed by atoms with Gasteiger partial charge < -0.3 is 0 Å². The van der Waals surface area contributed by atoms with Crippen molar-refractivity contribution in [1.82, 2.24) is 9.71 Å². The smallest absolute Gasteiger partial charge is 0.243 e. The Morgan fingerprint density at radius 2 is 2.33 bits per heavy atom. The highest BCUT2D eigenvalue weighted by molar-refractivity contribution is 7.89. The van der Waals surface area contributed by atoms with Crippen LogP contribution in [0.1, 0.15) is 6.92 Å². The fourth-order valence-corrected chi connectivity index (χ4v) is 2.42. The third kappa shape index (κ3) is 3.30. The maximum Gasteiger partial charge on any atom is 0.243 e. The van der Waals surface area contributed by atoms with Gasteiger partial charge in [0.2, 0.25) is 10.0 Å². The van der Waals surface area contributed by atoms with Gasteiger partial charge in [0.05, 0.1) is 0 Å². The van der Waals surface area contributed by atoms with Crippen molar-refractivity contribution in [2.75, 3.05) is 6.54 Å².